The number of aromatic nitrogens is 1. The van der Waals surface area contributed by atoms with Gasteiger partial charge in [-0.25, -0.2) is 4.98 Å². The highest BCUT2D eigenvalue weighted by atomic mass is 79.9. The highest BCUT2D eigenvalue weighted by Crippen LogP contribution is 2.22. The number of benzene rings is 1. The van der Waals surface area contributed by atoms with Crippen molar-refractivity contribution in [3.63, 3.8) is 0 Å². The molecule has 0 saturated carbocycles. The van der Waals surface area contributed by atoms with Crippen molar-refractivity contribution in [1.29, 1.82) is 0 Å². The summed E-state index contributed by atoms with van der Waals surface area (Å²) in [5, 5.41) is 4.24. The van der Waals surface area contributed by atoms with Gasteiger partial charge in [-0.05, 0) is 12.0 Å². The van der Waals surface area contributed by atoms with Crippen LogP contribution in [0.25, 0.3) is 11.3 Å². The number of nitrogens with zero attached hydrogens (tertiary/aromatic N) is 1. The first kappa shape index (κ1) is 10.8. The van der Waals surface area contributed by atoms with Crippen LogP contribution in [0.4, 0.5) is 0 Å². The van der Waals surface area contributed by atoms with Gasteiger partial charge in [-0.15, -0.1) is 11.3 Å². The number of aryl methyl sites for hydroxylation is 1. The van der Waals surface area contributed by atoms with E-state index in [0.717, 1.165) is 17.4 Å². The molecule has 0 amide bonds. The third-order valence-electron chi connectivity index (χ3n) is 2.26. The van der Waals surface area contributed by atoms with E-state index in [0.29, 0.717) is 0 Å². The third-order valence-corrected chi connectivity index (χ3v) is 3.90. The van der Waals surface area contributed by atoms with Crippen molar-refractivity contribution in [3.05, 3.63) is 40.2 Å². The van der Waals surface area contributed by atoms with Gasteiger partial charge in [0, 0.05) is 16.3 Å². The van der Waals surface area contributed by atoms with Gasteiger partial charge >= 0.3 is 0 Å². The molecule has 15 heavy (non-hydrogen) atoms. The molecule has 3 heteroatoms. The lowest BCUT2D eigenvalue weighted by molar-refractivity contribution is 1.10. The van der Waals surface area contributed by atoms with Crippen molar-refractivity contribution in [1.82, 2.24) is 4.98 Å². The van der Waals surface area contributed by atoms with Crippen LogP contribution in [0.2, 0.25) is 0 Å². The van der Waals surface area contributed by atoms with Crippen LogP contribution in [0.3, 0.4) is 0 Å². The van der Waals surface area contributed by atoms with E-state index in [4.69, 9.17) is 0 Å². The van der Waals surface area contributed by atoms with Gasteiger partial charge in [0.2, 0.25) is 0 Å². The van der Waals surface area contributed by atoms with Crippen molar-refractivity contribution in [2.75, 3.05) is 0 Å². The number of halogens is 1. The van der Waals surface area contributed by atoms with Gasteiger partial charge in [0.15, 0.2) is 0 Å². The van der Waals surface area contributed by atoms with Crippen LogP contribution in [0.1, 0.15) is 17.5 Å². The molecule has 2 aromatic rings. The largest absolute Gasteiger partial charge is 0.241 e. The van der Waals surface area contributed by atoms with Gasteiger partial charge in [0.05, 0.1) is 10.7 Å². The highest BCUT2D eigenvalue weighted by molar-refractivity contribution is 9.08. The Labute approximate surface area is 102 Å². The fraction of sp³-hybridized carbons (Fsp3) is 0.250. The van der Waals surface area contributed by atoms with Gasteiger partial charge in [0.1, 0.15) is 0 Å². The predicted octanol–water partition coefficient (Wildman–Crippen LogP) is 4.27. The number of rotatable bonds is 3. The lowest BCUT2D eigenvalue weighted by Crippen LogP contribution is -1.82. The van der Waals surface area contributed by atoms with E-state index in [1.165, 1.54) is 16.1 Å². The monoisotopic (exact) mass is 281 g/mol. The first-order chi connectivity index (χ1) is 7.33. The minimum Gasteiger partial charge on any atom is -0.241 e. The van der Waals surface area contributed by atoms with Crippen molar-refractivity contribution < 1.29 is 0 Å². The lowest BCUT2D eigenvalue weighted by atomic mass is 10.1. The van der Waals surface area contributed by atoms with Crippen LogP contribution in [-0.2, 0) is 11.8 Å². The Morgan fingerprint density at radius 2 is 2.00 bits per heavy atom. The normalized spacial score (nSPS) is 10.5. The Balaban J connectivity index is 2.28. The second-order valence-corrected chi connectivity index (χ2v) is 4.81. The van der Waals surface area contributed by atoms with Crippen LogP contribution in [-0.4, -0.2) is 4.98 Å². The Morgan fingerprint density at radius 1 is 1.27 bits per heavy atom. The SMILES string of the molecule is CCc1nc(-c2ccc(CBr)cc2)cs1. The van der Waals surface area contributed by atoms with Crippen LogP contribution in [0.5, 0.6) is 0 Å². The van der Waals surface area contributed by atoms with E-state index in [9.17, 15) is 0 Å². The van der Waals surface area contributed by atoms with Gasteiger partial charge in [-0.3, -0.25) is 0 Å². The molecule has 0 aliphatic carbocycles. The van der Waals surface area contributed by atoms with Crippen LogP contribution in [0, 0.1) is 0 Å². The summed E-state index contributed by atoms with van der Waals surface area (Å²) >= 11 is 5.17. The summed E-state index contributed by atoms with van der Waals surface area (Å²) in [6.07, 6.45) is 1.02. The zero-order valence-electron chi connectivity index (χ0n) is 8.53. The Morgan fingerprint density at radius 3 is 2.53 bits per heavy atom. The lowest BCUT2D eigenvalue weighted by Gasteiger charge is -1.98. The Kier molecular flexibility index (Phi) is 3.54. The third kappa shape index (κ3) is 2.47. The van der Waals surface area contributed by atoms with Gasteiger partial charge in [0.25, 0.3) is 0 Å². The molecule has 0 aliphatic rings. The second kappa shape index (κ2) is 4.90. The highest BCUT2D eigenvalue weighted by Gasteiger charge is 2.02. The van der Waals surface area contributed by atoms with E-state index in [-0.39, 0.29) is 0 Å². The molecule has 0 N–H and O–H groups in total. The number of alkyl halides is 1. The summed E-state index contributed by atoms with van der Waals surface area (Å²) in [5.74, 6) is 0. The molecule has 0 saturated heterocycles. The molecule has 0 fully saturated rings. The zero-order chi connectivity index (χ0) is 10.7. The average Bonchev–Trinajstić information content (AvgIpc) is 2.78. The maximum Gasteiger partial charge on any atom is 0.0929 e. The van der Waals surface area contributed by atoms with E-state index < -0.39 is 0 Å². The number of hydrogen-bond acceptors (Lipinski definition) is 2. The molecule has 0 bridgehead atoms. The Bertz CT molecular complexity index is 433. The molecule has 0 aliphatic heterocycles. The first-order valence-corrected chi connectivity index (χ1v) is 6.93. The van der Waals surface area contributed by atoms with Crippen molar-refractivity contribution in [2.45, 2.75) is 18.7 Å². The summed E-state index contributed by atoms with van der Waals surface area (Å²) in [4.78, 5) is 4.56. The van der Waals surface area contributed by atoms with E-state index in [1.54, 1.807) is 11.3 Å². The van der Waals surface area contributed by atoms with E-state index >= 15 is 0 Å². The summed E-state index contributed by atoms with van der Waals surface area (Å²) in [5.41, 5.74) is 3.60. The van der Waals surface area contributed by atoms with E-state index in [2.05, 4.69) is 57.5 Å². The quantitative estimate of drug-likeness (QED) is 0.766. The molecular weight excluding hydrogens is 270 g/mol. The summed E-state index contributed by atoms with van der Waals surface area (Å²) in [6, 6.07) is 8.53. The van der Waals surface area contributed by atoms with Crippen LogP contribution < -0.4 is 0 Å². The maximum absolute atomic E-state index is 4.56. The van der Waals surface area contributed by atoms with Crippen molar-refractivity contribution in [2.24, 2.45) is 0 Å². The molecule has 78 valence electrons. The number of hydrogen-bond donors (Lipinski definition) is 0. The van der Waals surface area contributed by atoms with E-state index in [1.807, 2.05) is 0 Å². The molecule has 1 aromatic carbocycles. The first-order valence-electron chi connectivity index (χ1n) is 4.93. The minimum atomic E-state index is 0.907. The predicted molar refractivity (Wildman–Crippen MR) is 69.6 cm³/mol. The molecule has 2 rings (SSSR count). The summed E-state index contributed by atoms with van der Waals surface area (Å²) < 4.78 is 0. The fourth-order valence-corrected chi connectivity index (χ4v) is 2.50. The van der Waals surface area contributed by atoms with Gasteiger partial charge in [-0.1, -0.05) is 47.1 Å². The standard InChI is InChI=1S/C12H12BrNS/c1-2-12-14-11(8-15-12)10-5-3-9(7-13)4-6-10/h3-6,8H,2,7H2,1H3. The average molecular weight is 282 g/mol. The number of thiazole rings is 1. The van der Waals surface area contributed by atoms with Crippen LogP contribution in [0.15, 0.2) is 29.6 Å². The molecule has 0 atom stereocenters. The van der Waals surface area contributed by atoms with Crippen molar-refractivity contribution >= 4 is 27.3 Å². The molecule has 1 nitrogen and oxygen atoms in total. The van der Waals surface area contributed by atoms with Crippen LogP contribution >= 0.6 is 27.3 Å². The smallest absolute Gasteiger partial charge is 0.0929 e. The molecule has 0 unspecified atom stereocenters. The van der Waals surface area contributed by atoms with Gasteiger partial charge in [-0.2, -0.15) is 0 Å². The molecule has 1 heterocycles. The van der Waals surface area contributed by atoms with Gasteiger partial charge < -0.3 is 0 Å². The summed E-state index contributed by atoms with van der Waals surface area (Å²) in [7, 11) is 0. The topological polar surface area (TPSA) is 12.9 Å². The fourth-order valence-electron chi connectivity index (χ4n) is 1.37. The molecule has 0 radical (unpaired) electrons. The summed E-state index contributed by atoms with van der Waals surface area (Å²) in [6.45, 7) is 2.14. The maximum atomic E-state index is 4.56. The van der Waals surface area contributed by atoms with Crippen molar-refractivity contribution in [3.8, 4) is 11.3 Å². The second-order valence-electron chi connectivity index (χ2n) is 3.31. The Hall–Kier alpha value is -0.670. The molecular formula is C12H12BrNS. The molecule has 1 aromatic heterocycles. The molecule has 0 spiro atoms. The zero-order valence-corrected chi connectivity index (χ0v) is 10.9. The minimum absolute atomic E-state index is 0.907.